The fraction of sp³-hybridized carbons (Fsp3) is 0.875. The molecule has 0 aromatic heterocycles. The van der Waals surface area contributed by atoms with Gasteiger partial charge in [-0.1, -0.05) is 0 Å². The van der Waals surface area contributed by atoms with Crippen molar-refractivity contribution in [3.05, 3.63) is 0 Å². The molecule has 5 atom stereocenters. The van der Waals surface area contributed by atoms with Crippen LogP contribution in [0.2, 0.25) is 0 Å². The van der Waals surface area contributed by atoms with E-state index < -0.39 is 42.9 Å². The van der Waals surface area contributed by atoms with Crippen molar-refractivity contribution >= 4 is 5.91 Å². The maximum Gasteiger partial charge on any atom is 0.341 e. The highest BCUT2D eigenvalue weighted by molar-refractivity contribution is 5.73. The van der Waals surface area contributed by atoms with Crippen LogP contribution in [-0.2, 0) is 9.53 Å². The Morgan fingerprint density at radius 1 is 1.50 bits per heavy atom. The number of aliphatic hydroxyl groups is 4. The number of carbonyl (C=O) groups is 1. The van der Waals surface area contributed by atoms with Crippen LogP contribution in [0, 0.1) is 0 Å². The van der Waals surface area contributed by atoms with E-state index >= 15 is 0 Å². The SMILES string of the molecule is CC(=O)N[C@@H]1[C@@H](O)[C@H](O)[C@@H](CO)O[C@@]1(O)F. The van der Waals surface area contributed by atoms with Crippen LogP contribution in [0.3, 0.4) is 0 Å². The van der Waals surface area contributed by atoms with Crippen LogP contribution >= 0.6 is 0 Å². The molecule has 0 radical (unpaired) electrons. The molecule has 0 aromatic carbocycles. The summed E-state index contributed by atoms with van der Waals surface area (Å²) in [4.78, 5) is 10.7. The van der Waals surface area contributed by atoms with Gasteiger partial charge in [-0.05, 0) is 0 Å². The first-order valence-corrected chi connectivity index (χ1v) is 4.62. The Hall–Kier alpha value is -0.800. The van der Waals surface area contributed by atoms with Gasteiger partial charge in [0.15, 0.2) is 0 Å². The molecular formula is C8H14FNO6. The zero-order valence-electron chi connectivity index (χ0n) is 8.50. The van der Waals surface area contributed by atoms with E-state index in [9.17, 15) is 24.5 Å². The number of hydrogen-bond donors (Lipinski definition) is 5. The van der Waals surface area contributed by atoms with Crippen LogP contribution in [0.1, 0.15) is 6.92 Å². The highest BCUT2D eigenvalue weighted by Crippen LogP contribution is 2.29. The summed E-state index contributed by atoms with van der Waals surface area (Å²) < 4.78 is 17.8. The van der Waals surface area contributed by atoms with Crippen LogP contribution < -0.4 is 5.32 Å². The summed E-state index contributed by atoms with van der Waals surface area (Å²) in [6, 6.07) is -5.17. The van der Waals surface area contributed by atoms with E-state index in [0.717, 1.165) is 6.92 Å². The molecule has 1 saturated heterocycles. The highest BCUT2D eigenvalue weighted by Gasteiger charge is 2.54. The van der Waals surface area contributed by atoms with Gasteiger partial charge in [-0.3, -0.25) is 4.79 Å². The number of alkyl halides is 1. The van der Waals surface area contributed by atoms with Crippen molar-refractivity contribution in [2.45, 2.75) is 37.3 Å². The molecule has 7 nitrogen and oxygen atoms in total. The molecule has 1 fully saturated rings. The van der Waals surface area contributed by atoms with Gasteiger partial charge >= 0.3 is 6.04 Å². The standard InChI is InChI=1S/C8H14FNO6/c1-3(12)10-7-6(14)5(13)4(2-11)16-8(7,9)15/h4-7,11,13-15H,2H2,1H3,(H,10,12)/t4-,5-,6+,7-,8-/m1/s1. The fourth-order valence-electron chi connectivity index (χ4n) is 1.52. The van der Waals surface area contributed by atoms with E-state index in [1.165, 1.54) is 0 Å². The van der Waals surface area contributed by atoms with Crippen molar-refractivity contribution in [3.63, 3.8) is 0 Å². The highest BCUT2D eigenvalue weighted by atomic mass is 19.2. The minimum Gasteiger partial charge on any atom is -0.394 e. The second-order valence-corrected chi connectivity index (χ2v) is 3.61. The molecule has 0 bridgehead atoms. The molecule has 1 amide bonds. The summed E-state index contributed by atoms with van der Waals surface area (Å²) in [6.45, 7) is 0.268. The van der Waals surface area contributed by atoms with Gasteiger partial charge in [-0.2, -0.15) is 4.39 Å². The normalized spacial score (nSPS) is 44.1. The Kier molecular flexibility index (Phi) is 3.81. The molecule has 5 N–H and O–H groups in total. The topological polar surface area (TPSA) is 119 Å². The molecule has 1 rings (SSSR count). The first-order valence-electron chi connectivity index (χ1n) is 4.62. The lowest BCUT2D eigenvalue weighted by Gasteiger charge is -2.42. The number of aliphatic hydroxyl groups excluding tert-OH is 3. The zero-order chi connectivity index (χ0) is 12.5. The van der Waals surface area contributed by atoms with Crippen molar-refractivity contribution in [3.8, 4) is 0 Å². The lowest BCUT2D eigenvalue weighted by Crippen LogP contribution is -2.68. The third-order valence-electron chi connectivity index (χ3n) is 2.31. The average molecular weight is 239 g/mol. The number of halogens is 1. The molecule has 94 valence electrons. The first kappa shape index (κ1) is 13.3. The number of rotatable bonds is 2. The lowest BCUT2D eigenvalue weighted by atomic mass is 9.96. The van der Waals surface area contributed by atoms with Gasteiger partial charge in [-0.25, -0.2) is 0 Å². The number of hydrogen-bond acceptors (Lipinski definition) is 6. The third kappa shape index (κ3) is 2.47. The van der Waals surface area contributed by atoms with E-state index in [0.29, 0.717) is 0 Å². The summed E-state index contributed by atoms with van der Waals surface area (Å²) in [5.74, 6) is -0.710. The maximum absolute atomic E-state index is 13.5. The summed E-state index contributed by atoms with van der Waals surface area (Å²) in [5.41, 5.74) is 0. The molecule has 0 aromatic rings. The van der Waals surface area contributed by atoms with Gasteiger partial charge < -0.3 is 30.5 Å². The molecule has 1 aliphatic rings. The van der Waals surface area contributed by atoms with Gasteiger partial charge in [0.1, 0.15) is 24.4 Å². The minimum absolute atomic E-state index is 0.710. The molecule has 8 heteroatoms. The number of nitrogens with one attached hydrogen (secondary N) is 1. The summed E-state index contributed by atoms with van der Waals surface area (Å²) in [5, 5.41) is 38.7. The van der Waals surface area contributed by atoms with E-state index in [2.05, 4.69) is 4.74 Å². The van der Waals surface area contributed by atoms with Crippen molar-refractivity contribution in [2.24, 2.45) is 0 Å². The summed E-state index contributed by atoms with van der Waals surface area (Å²) >= 11 is 0. The van der Waals surface area contributed by atoms with Crippen LogP contribution in [0.4, 0.5) is 4.39 Å². The Labute approximate surface area is 90.5 Å². The smallest absolute Gasteiger partial charge is 0.341 e. The molecule has 16 heavy (non-hydrogen) atoms. The second-order valence-electron chi connectivity index (χ2n) is 3.61. The molecule has 0 unspecified atom stereocenters. The molecule has 1 aliphatic heterocycles. The number of amides is 1. The van der Waals surface area contributed by atoms with Crippen LogP contribution in [0.5, 0.6) is 0 Å². The molecular weight excluding hydrogens is 225 g/mol. The van der Waals surface area contributed by atoms with Crippen LogP contribution in [0.15, 0.2) is 0 Å². The first-order chi connectivity index (χ1) is 7.29. The predicted molar refractivity (Wildman–Crippen MR) is 47.6 cm³/mol. The second kappa shape index (κ2) is 4.60. The Bertz CT molecular complexity index is 273. The molecule has 0 saturated carbocycles. The van der Waals surface area contributed by atoms with Crippen molar-refractivity contribution in [1.29, 1.82) is 0 Å². The molecule has 0 spiro atoms. The average Bonchev–Trinajstić information content (AvgIpc) is 2.18. The Morgan fingerprint density at radius 2 is 2.06 bits per heavy atom. The fourth-order valence-corrected chi connectivity index (χ4v) is 1.52. The van der Waals surface area contributed by atoms with E-state index in [4.69, 9.17) is 5.11 Å². The van der Waals surface area contributed by atoms with Gasteiger partial charge in [-0.15, -0.1) is 0 Å². The monoisotopic (exact) mass is 239 g/mol. The van der Waals surface area contributed by atoms with Gasteiger partial charge in [0.25, 0.3) is 0 Å². The summed E-state index contributed by atoms with van der Waals surface area (Å²) in [6.07, 6.45) is -4.86. The largest absolute Gasteiger partial charge is 0.394 e. The number of carbonyl (C=O) groups excluding carboxylic acids is 1. The third-order valence-corrected chi connectivity index (χ3v) is 2.31. The molecule has 1 heterocycles. The van der Waals surface area contributed by atoms with E-state index in [1.54, 1.807) is 0 Å². The lowest BCUT2D eigenvalue weighted by molar-refractivity contribution is -0.376. The Balaban J connectivity index is 2.87. The molecule has 0 aliphatic carbocycles. The van der Waals surface area contributed by atoms with Crippen molar-refractivity contribution < 1.29 is 34.3 Å². The predicted octanol–water partition coefficient (Wildman–Crippen LogP) is -2.78. The van der Waals surface area contributed by atoms with Crippen LogP contribution in [0.25, 0.3) is 0 Å². The van der Waals surface area contributed by atoms with Gasteiger partial charge in [0.05, 0.1) is 6.61 Å². The van der Waals surface area contributed by atoms with Crippen LogP contribution in [-0.4, -0.2) is 63.3 Å². The van der Waals surface area contributed by atoms with Gasteiger partial charge in [0.2, 0.25) is 5.91 Å². The maximum atomic E-state index is 13.5. The van der Waals surface area contributed by atoms with E-state index in [-0.39, 0.29) is 0 Å². The quantitative estimate of drug-likeness (QED) is 0.355. The van der Waals surface area contributed by atoms with Gasteiger partial charge in [0, 0.05) is 6.92 Å². The number of ether oxygens (including phenoxy) is 1. The van der Waals surface area contributed by atoms with E-state index in [1.807, 2.05) is 5.32 Å². The zero-order valence-corrected chi connectivity index (χ0v) is 8.50. The Morgan fingerprint density at radius 3 is 2.50 bits per heavy atom. The van der Waals surface area contributed by atoms with Crippen molar-refractivity contribution in [2.75, 3.05) is 6.61 Å². The summed E-state index contributed by atoms with van der Waals surface area (Å²) in [7, 11) is 0. The van der Waals surface area contributed by atoms with Crippen molar-refractivity contribution in [1.82, 2.24) is 5.32 Å². The minimum atomic E-state index is -3.35.